The van der Waals surface area contributed by atoms with Gasteiger partial charge in [0.15, 0.2) is 5.65 Å². The lowest BCUT2D eigenvalue weighted by Crippen LogP contribution is -2.37. The fourth-order valence-electron chi connectivity index (χ4n) is 6.20. The van der Waals surface area contributed by atoms with E-state index in [1.807, 2.05) is 15.9 Å². The Bertz CT molecular complexity index is 1310. The zero-order valence-electron chi connectivity index (χ0n) is 19.1. The van der Waals surface area contributed by atoms with Gasteiger partial charge in [-0.15, -0.1) is 11.3 Å². The summed E-state index contributed by atoms with van der Waals surface area (Å²) in [5, 5.41) is 9.46. The topological polar surface area (TPSA) is 58.0 Å². The average molecular weight is 434 g/mol. The number of H-pyrrole nitrogens is 1. The summed E-state index contributed by atoms with van der Waals surface area (Å²) in [6.07, 6.45) is 7.86. The molecule has 6 heteroatoms. The van der Waals surface area contributed by atoms with Crippen LogP contribution in [0.4, 0.5) is 0 Å². The number of thiophene rings is 1. The predicted octanol–water partition coefficient (Wildman–Crippen LogP) is 5.84. The lowest BCUT2D eigenvalue weighted by molar-refractivity contribution is 0.129. The first-order valence-corrected chi connectivity index (χ1v) is 12.4. The number of fused-ring (bicyclic) bond motifs is 2. The molecule has 1 aliphatic carbocycles. The van der Waals surface area contributed by atoms with Crippen LogP contribution in [0.2, 0.25) is 0 Å². The molecule has 2 fully saturated rings. The van der Waals surface area contributed by atoms with Gasteiger partial charge in [-0.05, 0) is 86.1 Å². The van der Waals surface area contributed by atoms with E-state index in [1.54, 1.807) is 11.2 Å². The number of aryl methyl sites for hydroxylation is 2. The highest BCUT2D eigenvalue weighted by Crippen LogP contribution is 2.57. The molecule has 1 spiro atoms. The molecule has 0 atom stereocenters. The number of pyridine rings is 1. The maximum absolute atomic E-state index is 4.43. The van der Waals surface area contributed by atoms with Crippen molar-refractivity contribution < 1.29 is 0 Å². The van der Waals surface area contributed by atoms with Gasteiger partial charge in [0.25, 0.3) is 0 Å². The standard InChI is InChI=1S/C25H31N5S/c1-13(2)19-20-16(5)22(17-8-25(9-17)6-7-26-11-25)31-24(20)29-21(19)18-10-30-23(27-12-28-30)15(4)14(18)3/h10,12-13,17,26,29H,6-9,11H2,1-5H3/t17-,25-. The van der Waals surface area contributed by atoms with Gasteiger partial charge in [-0.1, -0.05) is 13.8 Å². The Kier molecular flexibility index (Phi) is 4.19. The first-order chi connectivity index (χ1) is 14.9. The van der Waals surface area contributed by atoms with Crippen molar-refractivity contribution in [1.82, 2.24) is 24.9 Å². The molecule has 4 aromatic heterocycles. The Hall–Kier alpha value is -2.18. The minimum absolute atomic E-state index is 0.447. The number of hydrogen-bond donors (Lipinski definition) is 2. The van der Waals surface area contributed by atoms with Gasteiger partial charge in [-0.2, -0.15) is 5.10 Å². The molecule has 1 saturated carbocycles. The second-order valence-electron chi connectivity index (χ2n) is 10.2. The highest BCUT2D eigenvalue weighted by molar-refractivity contribution is 7.19. The molecule has 2 N–H and O–H groups in total. The van der Waals surface area contributed by atoms with Gasteiger partial charge in [0.1, 0.15) is 11.2 Å². The van der Waals surface area contributed by atoms with Crippen LogP contribution in [-0.2, 0) is 0 Å². The van der Waals surface area contributed by atoms with E-state index >= 15 is 0 Å². The molecule has 162 valence electrons. The summed E-state index contributed by atoms with van der Waals surface area (Å²) in [5.74, 6) is 1.19. The van der Waals surface area contributed by atoms with Crippen LogP contribution in [0.15, 0.2) is 12.5 Å². The van der Waals surface area contributed by atoms with Gasteiger partial charge >= 0.3 is 0 Å². The molecule has 0 aromatic carbocycles. The molecular weight excluding hydrogens is 402 g/mol. The summed E-state index contributed by atoms with van der Waals surface area (Å²) in [5.41, 5.74) is 9.47. The molecule has 6 rings (SSSR count). The van der Waals surface area contributed by atoms with Crippen LogP contribution in [0.25, 0.3) is 27.1 Å². The molecule has 2 aliphatic rings. The predicted molar refractivity (Wildman–Crippen MR) is 128 cm³/mol. The largest absolute Gasteiger partial charge is 0.346 e. The van der Waals surface area contributed by atoms with Gasteiger partial charge in [0.05, 0.1) is 5.69 Å². The summed E-state index contributed by atoms with van der Waals surface area (Å²) in [4.78, 5) is 11.2. The number of aromatic amines is 1. The number of nitrogens with zero attached hydrogens (tertiary/aromatic N) is 3. The maximum Gasteiger partial charge on any atom is 0.158 e. The van der Waals surface area contributed by atoms with Crippen molar-refractivity contribution in [2.75, 3.05) is 13.1 Å². The van der Waals surface area contributed by atoms with Crippen molar-refractivity contribution in [2.24, 2.45) is 5.41 Å². The molecule has 4 aromatic rings. The van der Waals surface area contributed by atoms with Crippen molar-refractivity contribution in [2.45, 2.75) is 65.7 Å². The normalized spacial score (nSPS) is 23.6. The molecule has 31 heavy (non-hydrogen) atoms. The average Bonchev–Trinajstić information content (AvgIpc) is 3.47. The van der Waals surface area contributed by atoms with Crippen LogP contribution >= 0.6 is 11.3 Å². The quantitative estimate of drug-likeness (QED) is 0.426. The van der Waals surface area contributed by atoms with E-state index in [2.05, 4.69) is 61.2 Å². The zero-order valence-corrected chi connectivity index (χ0v) is 19.9. The van der Waals surface area contributed by atoms with Crippen molar-refractivity contribution in [3.8, 4) is 11.3 Å². The molecule has 5 heterocycles. The van der Waals surface area contributed by atoms with Gasteiger partial charge in [0, 0.05) is 28.6 Å². The van der Waals surface area contributed by atoms with Crippen molar-refractivity contribution in [1.29, 1.82) is 0 Å². The fraction of sp³-hybridized carbons (Fsp3) is 0.520. The molecule has 5 nitrogen and oxygen atoms in total. The van der Waals surface area contributed by atoms with E-state index < -0.39 is 0 Å². The minimum atomic E-state index is 0.447. The van der Waals surface area contributed by atoms with E-state index in [-0.39, 0.29) is 0 Å². The van der Waals surface area contributed by atoms with Crippen LogP contribution < -0.4 is 5.32 Å². The highest BCUT2D eigenvalue weighted by atomic mass is 32.1. The van der Waals surface area contributed by atoms with Crippen LogP contribution in [0, 0.1) is 26.2 Å². The Balaban J connectivity index is 1.48. The first kappa shape index (κ1) is 19.5. The number of nitrogens with one attached hydrogen (secondary N) is 2. The maximum atomic E-state index is 4.43. The van der Waals surface area contributed by atoms with E-state index in [0.29, 0.717) is 11.3 Å². The van der Waals surface area contributed by atoms with Crippen molar-refractivity contribution in [3.05, 3.63) is 39.7 Å². The third kappa shape index (κ3) is 2.70. The Morgan fingerprint density at radius 3 is 2.68 bits per heavy atom. The second kappa shape index (κ2) is 6.66. The summed E-state index contributed by atoms with van der Waals surface area (Å²) < 4.78 is 1.92. The van der Waals surface area contributed by atoms with Crippen LogP contribution in [0.5, 0.6) is 0 Å². The third-order valence-corrected chi connectivity index (χ3v) is 9.37. The SMILES string of the molecule is Cc1c(-c2[nH]c3sc([C@H]4C[C@@]5(CCNC5)C4)c(C)c3c2C(C)C)cn2ncnc2c1C. The van der Waals surface area contributed by atoms with Crippen molar-refractivity contribution in [3.63, 3.8) is 0 Å². The zero-order chi connectivity index (χ0) is 21.5. The first-order valence-electron chi connectivity index (χ1n) is 11.5. The van der Waals surface area contributed by atoms with E-state index in [4.69, 9.17) is 0 Å². The lowest BCUT2D eigenvalue weighted by atomic mass is 9.61. The van der Waals surface area contributed by atoms with Crippen LogP contribution in [-0.4, -0.2) is 32.7 Å². The Morgan fingerprint density at radius 1 is 1.16 bits per heavy atom. The van der Waals surface area contributed by atoms with E-state index in [0.717, 1.165) is 11.6 Å². The number of rotatable bonds is 3. The summed E-state index contributed by atoms with van der Waals surface area (Å²) in [7, 11) is 0. The molecule has 0 unspecified atom stereocenters. The van der Waals surface area contributed by atoms with Crippen LogP contribution in [0.1, 0.15) is 72.1 Å². The second-order valence-corrected chi connectivity index (χ2v) is 11.3. The molecular formula is C25H31N5S. The van der Waals surface area contributed by atoms with Gasteiger partial charge in [-0.25, -0.2) is 9.50 Å². The molecule has 1 saturated heterocycles. The van der Waals surface area contributed by atoms with E-state index in [1.165, 1.54) is 76.1 Å². The summed E-state index contributed by atoms with van der Waals surface area (Å²) >= 11 is 2.00. The smallest absolute Gasteiger partial charge is 0.158 e. The van der Waals surface area contributed by atoms with E-state index in [9.17, 15) is 0 Å². The van der Waals surface area contributed by atoms with Gasteiger partial charge in [-0.3, -0.25) is 0 Å². The van der Waals surface area contributed by atoms with Gasteiger partial charge < -0.3 is 10.3 Å². The monoisotopic (exact) mass is 433 g/mol. The highest BCUT2D eigenvalue weighted by Gasteiger charge is 2.47. The third-order valence-electron chi connectivity index (χ3n) is 8.00. The van der Waals surface area contributed by atoms with Crippen molar-refractivity contribution >= 4 is 27.2 Å². The van der Waals surface area contributed by atoms with Crippen LogP contribution in [0.3, 0.4) is 0 Å². The fourth-order valence-corrected chi connectivity index (χ4v) is 7.52. The summed E-state index contributed by atoms with van der Waals surface area (Å²) in [6.45, 7) is 13.8. The Labute approximate surface area is 187 Å². The Morgan fingerprint density at radius 2 is 1.97 bits per heavy atom. The van der Waals surface area contributed by atoms with Gasteiger partial charge in [0.2, 0.25) is 0 Å². The molecule has 1 aliphatic heterocycles. The minimum Gasteiger partial charge on any atom is -0.346 e. The molecule has 0 radical (unpaired) electrons. The summed E-state index contributed by atoms with van der Waals surface area (Å²) in [6, 6.07) is 0. The molecule has 0 bridgehead atoms. The lowest BCUT2D eigenvalue weighted by Gasteiger charge is -2.45. The number of hydrogen-bond acceptors (Lipinski definition) is 4. The molecule has 0 amide bonds. The number of aromatic nitrogens is 4.